The number of hydrogen-bond acceptors (Lipinski definition) is 3. The van der Waals surface area contributed by atoms with Gasteiger partial charge in [-0.2, -0.15) is 0 Å². The molecule has 0 aliphatic heterocycles. The van der Waals surface area contributed by atoms with Crippen LogP contribution in [-0.2, 0) is 11.2 Å². The molecule has 0 atom stereocenters. The largest absolute Gasteiger partial charge is 0.464 e. The van der Waals surface area contributed by atoms with Gasteiger partial charge in [-0.05, 0) is 34.5 Å². The summed E-state index contributed by atoms with van der Waals surface area (Å²) in [4.78, 5) is 15.4. The Morgan fingerprint density at radius 3 is 2.86 bits per heavy atom. The van der Waals surface area contributed by atoms with Crippen molar-refractivity contribution in [1.29, 1.82) is 0 Å². The number of halogens is 1. The molecule has 14 heavy (non-hydrogen) atoms. The molecule has 1 aromatic rings. The Morgan fingerprint density at radius 2 is 2.29 bits per heavy atom. The summed E-state index contributed by atoms with van der Waals surface area (Å²) in [7, 11) is 1.35. The number of ether oxygens (including phenoxy) is 1. The topological polar surface area (TPSA) is 39.2 Å². The van der Waals surface area contributed by atoms with Crippen LogP contribution in [-0.4, -0.2) is 18.1 Å². The quantitative estimate of drug-likeness (QED) is 0.782. The molecule has 0 amide bonds. The lowest BCUT2D eigenvalue weighted by molar-refractivity contribution is 0.0593. The summed E-state index contributed by atoms with van der Waals surface area (Å²) in [5, 5.41) is 0. The number of nitrogens with zero attached hydrogens (tertiary/aromatic N) is 1. The summed E-state index contributed by atoms with van der Waals surface area (Å²) in [6, 6.07) is 3.47. The minimum atomic E-state index is -0.394. The van der Waals surface area contributed by atoms with E-state index in [-0.39, 0.29) is 0 Å². The fourth-order valence-corrected chi connectivity index (χ4v) is 1.53. The Kier molecular flexibility index (Phi) is 4.07. The first-order chi connectivity index (χ1) is 6.69. The number of hydrogen-bond donors (Lipinski definition) is 0. The molecular weight excluding hydrogens is 246 g/mol. The summed E-state index contributed by atoms with van der Waals surface area (Å²) < 4.78 is 5.53. The van der Waals surface area contributed by atoms with Gasteiger partial charge in [0, 0.05) is 4.47 Å². The molecule has 76 valence electrons. The van der Waals surface area contributed by atoms with Gasteiger partial charge in [0.25, 0.3) is 0 Å². The van der Waals surface area contributed by atoms with Gasteiger partial charge in [0.1, 0.15) is 5.69 Å². The maximum absolute atomic E-state index is 11.2. The van der Waals surface area contributed by atoms with Crippen molar-refractivity contribution in [2.75, 3.05) is 7.11 Å². The Morgan fingerprint density at radius 1 is 1.57 bits per heavy atom. The summed E-state index contributed by atoms with van der Waals surface area (Å²) in [6.45, 7) is 2.07. The zero-order valence-corrected chi connectivity index (χ0v) is 9.80. The SMILES string of the molecule is CCCc1nc(C(=O)OC)ccc1Br. The second-order valence-corrected chi connectivity index (χ2v) is 3.72. The predicted octanol–water partition coefficient (Wildman–Crippen LogP) is 2.58. The first-order valence-electron chi connectivity index (χ1n) is 4.42. The average molecular weight is 258 g/mol. The van der Waals surface area contributed by atoms with Crippen LogP contribution in [0.15, 0.2) is 16.6 Å². The molecule has 1 rings (SSSR count). The van der Waals surface area contributed by atoms with Crippen LogP contribution in [0.3, 0.4) is 0 Å². The van der Waals surface area contributed by atoms with Crippen LogP contribution in [0, 0.1) is 0 Å². The smallest absolute Gasteiger partial charge is 0.356 e. The molecule has 0 saturated carbocycles. The summed E-state index contributed by atoms with van der Waals surface area (Å²) in [5.41, 5.74) is 1.26. The van der Waals surface area contributed by atoms with E-state index in [0.717, 1.165) is 23.0 Å². The van der Waals surface area contributed by atoms with E-state index < -0.39 is 5.97 Å². The molecule has 0 aliphatic rings. The van der Waals surface area contributed by atoms with Crippen LogP contribution in [0.4, 0.5) is 0 Å². The number of aromatic nitrogens is 1. The second kappa shape index (κ2) is 5.10. The van der Waals surface area contributed by atoms with E-state index in [9.17, 15) is 4.79 Å². The van der Waals surface area contributed by atoms with Crippen LogP contribution in [0.2, 0.25) is 0 Å². The molecule has 0 spiro atoms. The molecule has 0 fully saturated rings. The average Bonchev–Trinajstić information content (AvgIpc) is 2.20. The van der Waals surface area contributed by atoms with E-state index in [0.29, 0.717) is 5.69 Å². The maximum Gasteiger partial charge on any atom is 0.356 e. The molecule has 0 N–H and O–H groups in total. The molecule has 3 nitrogen and oxygen atoms in total. The molecule has 0 unspecified atom stereocenters. The molecular formula is C10H12BrNO2. The van der Waals surface area contributed by atoms with Crippen LogP contribution in [0.1, 0.15) is 29.5 Å². The van der Waals surface area contributed by atoms with Crippen molar-refractivity contribution in [2.24, 2.45) is 0 Å². The predicted molar refractivity (Wildman–Crippen MR) is 57.3 cm³/mol. The van der Waals surface area contributed by atoms with Gasteiger partial charge in [-0.3, -0.25) is 0 Å². The van der Waals surface area contributed by atoms with Gasteiger partial charge in [-0.15, -0.1) is 0 Å². The van der Waals surface area contributed by atoms with Crippen molar-refractivity contribution in [1.82, 2.24) is 4.98 Å². The van der Waals surface area contributed by atoms with E-state index in [1.165, 1.54) is 7.11 Å². The van der Waals surface area contributed by atoms with E-state index in [1.807, 2.05) is 6.07 Å². The van der Waals surface area contributed by atoms with Gasteiger partial charge < -0.3 is 4.74 Å². The van der Waals surface area contributed by atoms with E-state index >= 15 is 0 Å². The lowest BCUT2D eigenvalue weighted by Gasteiger charge is -2.04. The first kappa shape index (κ1) is 11.2. The normalized spacial score (nSPS) is 9.93. The number of methoxy groups -OCH3 is 1. The first-order valence-corrected chi connectivity index (χ1v) is 5.22. The number of esters is 1. The zero-order chi connectivity index (χ0) is 10.6. The van der Waals surface area contributed by atoms with Crippen molar-refractivity contribution < 1.29 is 9.53 Å². The molecule has 4 heteroatoms. The van der Waals surface area contributed by atoms with Crippen LogP contribution in [0.5, 0.6) is 0 Å². The number of carbonyl (C=O) groups is 1. The number of rotatable bonds is 3. The van der Waals surface area contributed by atoms with Gasteiger partial charge in [0.15, 0.2) is 0 Å². The van der Waals surface area contributed by atoms with Gasteiger partial charge in [-0.25, -0.2) is 9.78 Å². The highest BCUT2D eigenvalue weighted by Gasteiger charge is 2.09. The van der Waals surface area contributed by atoms with Crippen molar-refractivity contribution in [3.8, 4) is 0 Å². The molecule has 0 saturated heterocycles. The molecule has 0 aliphatic carbocycles. The van der Waals surface area contributed by atoms with Crippen molar-refractivity contribution in [3.05, 3.63) is 28.0 Å². The van der Waals surface area contributed by atoms with Crippen molar-refractivity contribution in [3.63, 3.8) is 0 Å². The zero-order valence-electron chi connectivity index (χ0n) is 8.21. The van der Waals surface area contributed by atoms with Crippen LogP contribution in [0.25, 0.3) is 0 Å². The highest BCUT2D eigenvalue weighted by Crippen LogP contribution is 2.16. The molecule has 1 heterocycles. The van der Waals surface area contributed by atoms with Gasteiger partial charge in [0.2, 0.25) is 0 Å². The second-order valence-electron chi connectivity index (χ2n) is 2.87. The highest BCUT2D eigenvalue weighted by atomic mass is 79.9. The standard InChI is InChI=1S/C10H12BrNO2/c1-3-4-8-7(11)5-6-9(12-8)10(13)14-2/h5-6H,3-4H2,1-2H3. The molecule has 0 aromatic carbocycles. The minimum Gasteiger partial charge on any atom is -0.464 e. The minimum absolute atomic E-state index is 0.360. The third-order valence-electron chi connectivity index (χ3n) is 1.80. The monoisotopic (exact) mass is 257 g/mol. The van der Waals surface area contributed by atoms with Gasteiger partial charge >= 0.3 is 5.97 Å². The third-order valence-corrected chi connectivity index (χ3v) is 2.52. The number of carbonyl (C=O) groups excluding carboxylic acids is 1. The molecule has 0 bridgehead atoms. The molecule has 0 radical (unpaired) electrons. The fourth-order valence-electron chi connectivity index (χ4n) is 1.11. The Balaban J connectivity index is 2.99. The Bertz CT molecular complexity index is 339. The van der Waals surface area contributed by atoms with Crippen LogP contribution < -0.4 is 0 Å². The fraction of sp³-hybridized carbons (Fsp3) is 0.400. The van der Waals surface area contributed by atoms with Crippen molar-refractivity contribution >= 4 is 21.9 Å². The van der Waals surface area contributed by atoms with E-state index in [2.05, 4.69) is 32.6 Å². The van der Waals surface area contributed by atoms with Gasteiger partial charge in [-0.1, -0.05) is 13.3 Å². The Labute approximate surface area is 91.6 Å². The third kappa shape index (κ3) is 2.54. The van der Waals surface area contributed by atoms with Crippen LogP contribution >= 0.6 is 15.9 Å². The summed E-state index contributed by atoms with van der Waals surface area (Å²) in [5.74, 6) is -0.394. The Hall–Kier alpha value is -0.900. The number of aryl methyl sites for hydroxylation is 1. The lowest BCUT2D eigenvalue weighted by Crippen LogP contribution is -2.06. The maximum atomic E-state index is 11.2. The van der Waals surface area contributed by atoms with Gasteiger partial charge in [0.05, 0.1) is 12.8 Å². The summed E-state index contributed by atoms with van der Waals surface area (Å²) in [6.07, 6.45) is 1.85. The van der Waals surface area contributed by atoms with Crippen molar-refractivity contribution in [2.45, 2.75) is 19.8 Å². The molecule has 1 aromatic heterocycles. The highest BCUT2D eigenvalue weighted by molar-refractivity contribution is 9.10. The summed E-state index contributed by atoms with van der Waals surface area (Å²) >= 11 is 3.39. The van der Waals surface area contributed by atoms with E-state index in [1.54, 1.807) is 6.07 Å². The van der Waals surface area contributed by atoms with E-state index in [4.69, 9.17) is 0 Å². The lowest BCUT2D eigenvalue weighted by atomic mass is 10.2. The number of pyridine rings is 1.